The molecule has 0 aromatic rings. The highest BCUT2D eigenvalue weighted by atomic mass is 16.5. The summed E-state index contributed by atoms with van der Waals surface area (Å²) in [4.78, 5) is 39.1. The molecule has 9 atom stereocenters. The summed E-state index contributed by atoms with van der Waals surface area (Å²) >= 11 is 0. The Kier molecular flexibility index (Phi) is 6.07. The molecule has 0 aromatic heterocycles. The first kappa shape index (κ1) is 27.7. The Morgan fingerprint density at radius 1 is 0.947 bits per heavy atom. The second-order valence-electron chi connectivity index (χ2n) is 15.7. The molecule has 2 amide bonds. The number of ether oxygens (including phenoxy) is 1. The van der Waals surface area contributed by atoms with E-state index in [1.165, 1.54) is 12.7 Å². The highest BCUT2D eigenvalue weighted by Gasteiger charge is 2.70. The van der Waals surface area contributed by atoms with Crippen LogP contribution in [-0.4, -0.2) is 30.9 Å². The van der Waals surface area contributed by atoms with Crippen LogP contribution in [0.5, 0.6) is 0 Å². The van der Waals surface area contributed by atoms with Gasteiger partial charge in [0.15, 0.2) is 5.78 Å². The average Bonchev–Trinajstić information content (AvgIpc) is 2.82. The normalized spacial score (nSPS) is 49.4. The fraction of sp³-hybridized carbons (Fsp3) is 0.844. The summed E-state index contributed by atoms with van der Waals surface area (Å²) in [5.74, 6) is 0.677. The van der Waals surface area contributed by atoms with Crippen LogP contribution in [0, 0.1) is 50.2 Å². The van der Waals surface area contributed by atoms with Gasteiger partial charge in [0.25, 0.3) is 0 Å². The van der Waals surface area contributed by atoms with Gasteiger partial charge in [-0.1, -0.05) is 47.1 Å². The van der Waals surface area contributed by atoms with E-state index in [0.717, 1.165) is 57.8 Å². The molecule has 4 fully saturated rings. The lowest BCUT2D eigenvalue weighted by Crippen LogP contribution is -2.68. The molecular formula is C32H50N2O4. The number of hydrogen-bond acceptors (Lipinski definition) is 4. The molecule has 0 aromatic carbocycles. The third-order valence-electron chi connectivity index (χ3n) is 13.6. The van der Waals surface area contributed by atoms with Crippen molar-refractivity contribution in [2.45, 2.75) is 112 Å². The van der Waals surface area contributed by atoms with Gasteiger partial charge in [-0.2, -0.15) is 0 Å². The summed E-state index contributed by atoms with van der Waals surface area (Å²) in [5, 5.41) is 3.03. The molecule has 5 aliphatic carbocycles. The van der Waals surface area contributed by atoms with Gasteiger partial charge in [-0.3, -0.25) is 9.59 Å². The lowest BCUT2D eigenvalue weighted by Gasteiger charge is -2.70. The third kappa shape index (κ3) is 3.46. The van der Waals surface area contributed by atoms with Crippen LogP contribution in [0.25, 0.3) is 0 Å². The van der Waals surface area contributed by atoms with Gasteiger partial charge in [-0.05, 0) is 110 Å². The molecule has 0 radical (unpaired) electrons. The molecule has 38 heavy (non-hydrogen) atoms. The predicted octanol–water partition coefficient (Wildman–Crippen LogP) is 6.18. The van der Waals surface area contributed by atoms with Crippen molar-refractivity contribution in [1.82, 2.24) is 5.32 Å². The van der Waals surface area contributed by atoms with Crippen molar-refractivity contribution in [2.75, 3.05) is 7.11 Å². The molecule has 0 saturated heterocycles. The van der Waals surface area contributed by atoms with Gasteiger partial charge in [0, 0.05) is 12.0 Å². The summed E-state index contributed by atoms with van der Waals surface area (Å²) in [7, 11) is 1.50. The fourth-order valence-electron chi connectivity index (χ4n) is 11.0. The zero-order valence-corrected chi connectivity index (χ0v) is 25.0. The van der Waals surface area contributed by atoms with Crippen LogP contribution in [-0.2, 0) is 14.3 Å². The first-order valence-electron chi connectivity index (χ1n) is 14.9. The van der Waals surface area contributed by atoms with Crippen molar-refractivity contribution < 1.29 is 19.1 Å². The molecular weight excluding hydrogens is 476 g/mol. The van der Waals surface area contributed by atoms with Crippen LogP contribution in [0.4, 0.5) is 4.79 Å². The Bertz CT molecular complexity index is 1100. The Labute approximate surface area is 229 Å². The molecule has 0 bridgehead atoms. The molecule has 5 rings (SSSR count). The van der Waals surface area contributed by atoms with Crippen molar-refractivity contribution >= 4 is 17.8 Å². The Balaban J connectivity index is 1.57. The number of allylic oxidation sites excluding steroid dienone is 2. The number of ketones is 1. The first-order chi connectivity index (χ1) is 17.5. The zero-order valence-electron chi connectivity index (χ0n) is 25.0. The number of carbonyl (C=O) groups is 3. The molecule has 212 valence electrons. The molecule has 6 nitrogen and oxygen atoms in total. The maximum Gasteiger partial charge on any atom is 0.312 e. The Morgan fingerprint density at radius 2 is 1.61 bits per heavy atom. The molecule has 1 unspecified atom stereocenters. The largest absolute Gasteiger partial charge is 0.469 e. The minimum Gasteiger partial charge on any atom is -0.469 e. The molecule has 0 heterocycles. The standard InChI is InChI=1S/C32H50N2O4/c1-27(2)22-9-12-32(7)24(30(22,5)11-10-23(27)34-26(33)37)21(35)17-19-20-18-29(4,25(36)38-8)14-13-28(20,3)15-16-31(19,32)6/h17,20,22-24H,9-16,18H2,1-8H3,(H3,33,34,37)/t20-,22+,23?,24-,28-,29+,30+,31-,32-/m1/s1. The summed E-state index contributed by atoms with van der Waals surface area (Å²) in [6.07, 6.45) is 10.7. The zero-order chi connectivity index (χ0) is 28.1. The van der Waals surface area contributed by atoms with E-state index < -0.39 is 11.4 Å². The van der Waals surface area contributed by atoms with Gasteiger partial charge >= 0.3 is 12.0 Å². The molecule has 0 spiro atoms. The second-order valence-corrected chi connectivity index (χ2v) is 15.7. The average molecular weight is 527 g/mol. The minimum absolute atomic E-state index is 0.0245. The number of urea groups is 1. The van der Waals surface area contributed by atoms with E-state index in [2.05, 4.69) is 59.9 Å². The van der Waals surface area contributed by atoms with Gasteiger partial charge < -0.3 is 15.8 Å². The maximum absolute atomic E-state index is 14.4. The van der Waals surface area contributed by atoms with Gasteiger partial charge in [0.2, 0.25) is 0 Å². The molecule has 0 aliphatic heterocycles. The predicted molar refractivity (Wildman–Crippen MR) is 148 cm³/mol. The van der Waals surface area contributed by atoms with Crippen LogP contribution in [0.2, 0.25) is 0 Å². The number of nitrogens with one attached hydrogen (secondary N) is 1. The van der Waals surface area contributed by atoms with E-state index in [4.69, 9.17) is 10.5 Å². The van der Waals surface area contributed by atoms with Gasteiger partial charge in [-0.15, -0.1) is 0 Å². The van der Waals surface area contributed by atoms with Crippen molar-refractivity contribution in [1.29, 1.82) is 0 Å². The monoisotopic (exact) mass is 526 g/mol. The van der Waals surface area contributed by atoms with Crippen LogP contribution >= 0.6 is 0 Å². The van der Waals surface area contributed by atoms with Crippen LogP contribution in [0.3, 0.4) is 0 Å². The van der Waals surface area contributed by atoms with Crippen LogP contribution < -0.4 is 11.1 Å². The van der Waals surface area contributed by atoms with E-state index in [-0.39, 0.29) is 50.9 Å². The summed E-state index contributed by atoms with van der Waals surface area (Å²) in [6, 6.07) is -0.436. The highest BCUT2D eigenvalue weighted by molar-refractivity contribution is 5.95. The quantitative estimate of drug-likeness (QED) is 0.420. The highest BCUT2D eigenvalue weighted by Crippen LogP contribution is 2.75. The number of primary amides is 1. The SMILES string of the molecule is COC(=O)[C@@]1(C)CC[C@]2(C)CC[C@]3(C)C(=CC(=O)[C@@H]4[C@@]5(C)CCC(NC(N)=O)C(C)(C)[C@@H]5CC[C@]43C)[C@H]2C1. The number of esters is 1. The molecule has 6 heteroatoms. The summed E-state index contributed by atoms with van der Waals surface area (Å²) in [5.41, 5.74) is 5.98. The summed E-state index contributed by atoms with van der Waals surface area (Å²) < 4.78 is 5.26. The van der Waals surface area contributed by atoms with E-state index in [1.807, 2.05) is 0 Å². The number of hydrogen-bond donors (Lipinski definition) is 2. The van der Waals surface area contributed by atoms with Crippen LogP contribution in [0.15, 0.2) is 11.6 Å². The lowest BCUT2D eigenvalue weighted by atomic mass is 9.33. The number of rotatable bonds is 2. The van der Waals surface area contributed by atoms with E-state index in [1.54, 1.807) is 0 Å². The van der Waals surface area contributed by atoms with Crippen molar-refractivity contribution in [3.05, 3.63) is 11.6 Å². The van der Waals surface area contributed by atoms with Gasteiger partial charge in [0.05, 0.1) is 12.5 Å². The number of methoxy groups -OCH3 is 1. The summed E-state index contributed by atoms with van der Waals surface area (Å²) in [6.45, 7) is 16.2. The number of nitrogens with two attached hydrogens (primary N) is 1. The second kappa shape index (κ2) is 8.33. The van der Waals surface area contributed by atoms with Crippen molar-refractivity contribution in [3.63, 3.8) is 0 Å². The minimum atomic E-state index is -0.502. The lowest BCUT2D eigenvalue weighted by molar-refractivity contribution is -0.189. The third-order valence-corrected chi connectivity index (χ3v) is 13.6. The molecule has 3 N–H and O–H groups in total. The van der Waals surface area contributed by atoms with Crippen molar-refractivity contribution in [2.24, 2.45) is 56.0 Å². The van der Waals surface area contributed by atoms with Gasteiger partial charge in [-0.25, -0.2) is 4.79 Å². The van der Waals surface area contributed by atoms with Gasteiger partial charge in [0.1, 0.15) is 0 Å². The molecule has 4 saturated carbocycles. The Hall–Kier alpha value is -1.85. The van der Waals surface area contributed by atoms with E-state index in [9.17, 15) is 14.4 Å². The molecule has 5 aliphatic rings. The number of carbonyl (C=O) groups excluding carboxylic acids is 3. The number of fused-ring (bicyclic) bond motifs is 7. The maximum atomic E-state index is 14.4. The first-order valence-corrected chi connectivity index (χ1v) is 14.9. The number of amides is 2. The Morgan fingerprint density at radius 3 is 2.24 bits per heavy atom. The topological polar surface area (TPSA) is 98.5 Å². The van der Waals surface area contributed by atoms with E-state index in [0.29, 0.717) is 11.7 Å². The van der Waals surface area contributed by atoms with E-state index >= 15 is 0 Å². The fourth-order valence-corrected chi connectivity index (χ4v) is 11.0. The van der Waals surface area contributed by atoms with Crippen molar-refractivity contribution in [3.8, 4) is 0 Å². The van der Waals surface area contributed by atoms with Crippen LogP contribution in [0.1, 0.15) is 106 Å². The smallest absolute Gasteiger partial charge is 0.312 e.